The molecule has 1 aliphatic heterocycles. The van der Waals surface area contributed by atoms with Gasteiger partial charge in [0.1, 0.15) is 0 Å². The Morgan fingerprint density at radius 2 is 1.92 bits per heavy atom. The first kappa shape index (κ1) is 18.2. The summed E-state index contributed by atoms with van der Waals surface area (Å²) in [5, 5.41) is 0. The molecule has 1 unspecified atom stereocenters. The largest absolute Gasteiger partial charge is 0.393 e. The van der Waals surface area contributed by atoms with Crippen molar-refractivity contribution in [1.29, 1.82) is 0 Å². The molecule has 138 valence electrons. The third kappa shape index (κ3) is 4.33. The summed E-state index contributed by atoms with van der Waals surface area (Å²) < 4.78 is 65.7. The zero-order valence-electron chi connectivity index (χ0n) is 13.4. The molecule has 25 heavy (non-hydrogen) atoms. The van der Waals surface area contributed by atoms with Gasteiger partial charge in [-0.15, -0.1) is 0 Å². The molecule has 2 aliphatic rings. The van der Waals surface area contributed by atoms with E-state index in [9.17, 15) is 26.4 Å². The predicted octanol–water partition coefficient (Wildman–Crippen LogP) is 2.54. The van der Waals surface area contributed by atoms with Gasteiger partial charge in [0.2, 0.25) is 10.0 Å². The van der Waals surface area contributed by atoms with Gasteiger partial charge in [-0.2, -0.15) is 13.2 Å². The lowest BCUT2D eigenvalue weighted by Gasteiger charge is -2.33. The molecule has 3 rings (SSSR count). The van der Waals surface area contributed by atoms with Crippen LogP contribution in [0.5, 0.6) is 0 Å². The molecule has 1 atom stereocenters. The standard InChI is InChI=1S/C16H19F3N2O3S/c17-16(18,19)12-4-2-8-21(10-12)15(22)11-3-1-5-14(9-11)25(23,24)20-13-6-7-13/h1,3,5,9,12-13,20H,2,4,6-8,10H2. The van der Waals surface area contributed by atoms with E-state index in [1.165, 1.54) is 24.3 Å². The molecular formula is C16H19F3N2O3S. The van der Waals surface area contributed by atoms with Crippen LogP contribution in [-0.2, 0) is 10.0 Å². The van der Waals surface area contributed by atoms with Crippen LogP contribution in [0, 0.1) is 5.92 Å². The van der Waals surface area contributed by atoms with E-state index in [1.54, 1.807) is 0 Å². The number of rotatable bonds is 4. The van der Waals surface area contributed by atoms with Crippen LogP contribution >= 0.6 is 0 Å². The summed E-state index contributed by atoms with van der Waals surface area (Å²) >= 11 is 0. The van der Waals surface area contributed by atoms with Crippen LogP contribution < -0.4 is 4.72 Å². The Bertz CT molecular complexity index is 760. The molecule has 0 spiro atoms. The van der Waals surface area contributed by atoms with Gasteiger partial charge in [0, 0.05) is 24.7 Å². The number of carbonyl (C=O) groups excluding carboxylic acids is 1. The Labute approximate surface area is 144 Å². The number of hydrogen-bond acceptors (Lipinski definition) is 3. The maximum absolute atomic E-state index is 12.9. The average Bonchev–Trinajstić information content (AvgIpc) is 3.37. The summed E-state index contributed by atoms with van der Waals surface area (Å²) in [6.07, 6.45) is -2.49. The monoisotopic (exact) mass is 376 g/mol. The molecule has 0 bridgehead atoms. The number of sulfonamides is 1. The molecule has 1 amide bonds. The zero-order valence-corrected chi connectivity index (χ0v) is 14.2. The third-order valence-corrected chi connectivity index (χ3v) is 5.98. The van der Waals surface area contributed by atoms with Crippen LogP contribution in [0.4, 0.5) is 13.2 Å². The quantitative estimate of drug-likeness (QED) is 0.878. The molecule has 2 fully saturated rings. The number of carbonyl (C=O) groups is 1. The molecular weight excluding hydrogens is 357 g/mol. The summed E-state index contributed by atoms with van der Waals surface area (Å²) in [5.74, 6) is -2.11. The second-order valence-electron chi connectivity index (χ2n) is 6.56. The van der Waals surface area contributed by atoms with E-state index in [2.05, 4.69) is 4.72 Å². The van der Waals surface area contributed by atoms with Crippen molar-refractivity contribution in [3.8, 4) is 0 Å². The van der Waals surface area contributed by atoms with Crippen molar-refractivity contribution in [3.63, 3.8) is 0 Å². The van der Waals surface area contributed by atoms with Gasteiger partial charge in [-0.1, -0.05) is 6.07 Å². The van der Waals surface area contributed by atoms with E-state index >= 15 is 0 Å². The third-order valence-electron chi connectivity index (χ3n) is 4.46. The minimum absolute atomic E-state index is 0.00695. The second-order valence-corrected chi connectivity index (χ2v) is 8.27. The Hall–Kier alpha value is -1.61. The minimum atomic E-state index is -4.33. The van der Waals surface area contributed by atoms with E-state index < -0.39 is 28.0 Å². The van der Waals surface area contributed by atoms with Crippen LogP contribution in [0.1, 0.15) is 36.0 Å². The first-order chi connectivity index (χ1) is 11.7. The SMILES string of the molecule is O=C(c1cccc(S(=O)(=O)NC2CC2)c1)N1CCCC(C(F)(F)F)C1. The lowest BCUT2D eigenvalue weighted by Crippen LogP contribution is -2.44. The number of piperidine rings is 1. The molecule has 0 radical (unpaired) electrons. The normalized spacial score (nSPS) is 22.0. The average molecular weight is 376 g/mol. The van der Waals surface area contributed by atoms with E-state index in [0.29, 0.717) is 0 Å². The van der Waals surface area contributed by atoms with Crippen molar-refractivity contribution in [3.05, 3.63) is 29.8 Å². The number of hydrogen-bond donors (Lipinski definition) is 1. The van der Waals surface area contributed by atoms with E-state index in [0.717, 1.165) is 17.7 Å². The predicted molar refractivity (Wildman–Crippen MR) is 84.5 cm³/mol. The van der Waals surface area contributed by atoms with Gasteiger partial charge in [0.25, 0.3) is 5.91 Å². The van der Waals surface area contributed by atoms with Crippen LogP contribution in [0.3, 0.4) is 0 Å². The maximum atomic E-state index is 12.9. The van der Waals surface area contributed by atoms with Crippen LogP contribution in [0.2, 0.25) is 0 Å². The number of alkyl halides is 3. The van der Waals surface area contributed by atoms with Gasteiger partial charge < -0.3 is 4.90 Å². The van der Waals surface area contributed by atoms with Gasteiger partial charge in [-0.3, -0.25) is 4.79 Å². The molecule has 1 N–H and O–H groups in total. The molecule has 1 saturated heterocycles. The number of halogens is 3. The Morgan fingerprint density at radius 1 is 1.20 bits per heavy atom. The fourth-order valence-electron chi connectivity index (χ4n) is 2.90. The molecule has 1 aromatic carbocycles. The van der Waals surface area contributed by atoms with Gasteiger partial charge in [0.05, 0.1) is 10.8 Å². The summed E-state index contributed by atoms with van der Waals surface area (Å²) in [4.78, 5) is 13.6. The fraction of sp³-hybridized carbons (Fsp3) is 0.562. The van der Waals surface area contributed by atoms with Crippen molar-refractivity contribution < 1.29 is 26.4 Å². The summed E-state index contributed by atoms with van der Waals surface area (Å²) in [6.45, 7) is -0.150. The minimum Gasteiger partial charge on any atom is -0.338 e. The molecule has 0 aromatic heterocycles. The molecule has 5 nitrogen and oxygen atoms in total. The highest BCUT2D eigenvalue weighted by molar-refractivity contribution is 7.89. The van der Waals surface area contributed by atoms with Crippen molar-refractivity contribution in [2.75, 3.05) is 13.1 Å². The highest BCUT2D eigenvalue weighted by Crippen LogP contribution is 2.33. The van der Waals surface area contributed by atoms with E-state index in [-0.39, 0.29) is 42.4 Å². The highest BCUT2D eigenvalue weighted by atomic mass is 32.2. The molecule has 1 saturated carbocycles. The zero-order chi connectivity index (χ0) is 18.2. The van der Waals surface area contributed by atoms with Gasteiger partial charge in [0.15, 0.2) is 0 Å². The van der Waals surface area contributed by atoms with Crippen LogP contribution in [0.25, 0.3) is 0 Å². The van der Waals surface area contributed by atoms with Crippen LogP contribution in [-0.4, -0.2) is 44.5 Å². The van der Waals surface area contributed by atoms with Gasteiger partial charge >= 0.3 is 6.18 Å². The van der Waals surface area contributed by atoms with E-state index in [4.69, 9.17) is 0 Å². The summed E-state index contributed by atoms with van der Waals surface area (Å²) in [5.41, 5.74) is 0.0847. The van der Waals surface area contributed by atoms with Crippen molar-refractivity contribution in [1.82, 2.24) is 9.62 Å². The Balaban J connectivity index is 1.77. The van der Waals surface area contributed by atoms with Crippen LogP contribution in [0.15, 0.2) is 29.2 Å². The van der Waals surface area contributed by atoms with Gasteiger partial charge in [-0.25, -0.2) is 13.1 Å². The number of amides is 1. The summed E-state index contributed by atoms with van der Waals surface area (Å²) in [6, 6.07) is 5.38. The molecule has 1 aliphatic carbocycles. The molecule has 1 heterocycles. The van der Waals surface area contributed by atoms with Crippen molar-refractivity contribution in [2.45, 2.75) is 42.8 Å². The van der Waals surface area contributed by atoms with Crippen molar-refractivity contribution in [2.24, 2.45) is 5.92 Å². The lowest BCUT2D eigenvalue weighted by molar-refractivity contribution is -0.184. The molecule has 1 aromatic rings. The van der Waals surface area contributed by atoms with Crippen molar-refractivity contribution >= 4 is 15.9 Å². The second kappa shape index (κ2) is 6.60. The lowest BCUT2D eigenvalue weighted by atomic mass is 9.97. The number of nitrogens with one attached hydrogen (secondary N) is 1. The first-order valence-corrected chi connectivity index (χ1v) is 9.63. The summed E-state index contributed by atoms with van der Waals surface area (Å²) in [7, 11) is -3.72. The number of benzene rings is 1. The topological polar surface area (TPSA) is 66.5 Å². The Morgan fingerprint density at radius 3 is 2.56 bits per heavy atom. The fourth-order valence-corrected chi connectivity index (χ4v) is 4.25. The van der Waals surface area contributed by atoms with E-state index in [1.807, 2.05) is 0 Å². The maximum Gasteiger partial charge on any atom is 0.393 e. The highest BCUT2D eigenvalue weighted by Gasteiger charge is 2.42. The smallest absolute Gasteiger partial charge is 0.338 e. The first-order valence-electron chi connectivity index (χ1n) is 8.15. The number of nitrogens with zero attached hydrogens (tertiary/aromatic N) is 1. The molecule has 9 heteroatoms. The number of likely N-dealkylation sites (tertiary alicyclic amines) is 1. The van der Waals surface area contributed by atoms with Gasteiger partial charge in [-0.05, 0) is 43.9 Å². The Kier molecular flexibility index (Phi) is 4.80.